The van der Waals surface area contributed by atoms with E-state index in [1.807, 2.05) is 54.1 Å². The normalized spacial score (nSPS) is 10.5. The molecule has 7 nitrogen and oxygen atoms in total. The number of hydrogen-bond donors (Lipinski definition) is 2. The van der Waals surface area contributed by atoms with Crippen LogP contribution in [0.5, 0.6) is 5.75 Å². The standard InChI is InChI=1S/C21H23N3O4/c1-16-17(14-24-11-10-22-20(24)15-25)6-5-9-19(16)27-12-13-28-21(26)23-18-7-3-2-4-8-18/h2-11,25H,12-15H2,1H3,(H,23,26). The van der Waals surface area contributed by atoms with Gasteiger partial charge in [0.2, 0.25) is 0 Å². The van der Waals surface area contributed by atoms with E-state index in [9.17, 15) is 9.90 Å². The lowest BCUT2D eigenvalue weighted by Crippen LogP contribution is -2.17. The van der Waals surface area contributed by atoms with Gasteiger partial charge in [-0.2, -0.15) is 0 Å². The first-order valence-corrected chi connectivity index (χ1v) is 8.98. The fourth-order valence-electron chi connectivity index (χ4n) is 2.77. The number of carbonyl (C=O) groups excluding carboxylic acids is 1. The number of hydrogen-bond acceptors (Lipinski definition) is 5. The van der Waals surface area contributed by atoms with Gasteiger partial charge in [0, 0.05) is 24.6 Å². The average molecular weight is 381 g/mol. The lowest BCUT2D eigenvalue weighted by Gasteiger charge is -2.14. The van der Waals surface area contributed by atoms with Gasteiger partial charge in [0.05, 0.1) is 0 Å². The van der Waals surface area contributed by atoms with Crippen molar-refractivity contribution < 1.29 is 19.4 Å². The van der Waals surface area contributed by atoms with Crippen molar-refractivity contribution in [3.8, 4) is 5.75 Å². The number of amides is 1. The van der Waals surface area contributed by atoms with Crippen molar-refractivity contribution in [2.75, 3.05) is 18.5 Å². The van der Waals surface area contributed by atoms with Gasteiger partial charge in [-0.15, -0.1) is 0 Å². The molecule has 1 heterocycles. The Morgan fingerprint density at radius 2 is 1.96 bits per heavy atom. The minimum Gasteiger partial charge on any atom is -0.490 e. The Hall–Kier alpha value is -3.32. The zero-order valence-corrected chi connectivity index (χ0v) is 15.7. The third-order valence-electron chi connectivity index (χ3n) is 4.27. The second kappa shape index (κ2) is 9.57. The monoisotopic (exact) mass is 381 g/mol. The molecule has 0 bridgehead atoms. The highest BCUT2D eigenvalue weighted by atomic mass is 16.6. The van der Waals surface area contributed by atoms with Crippen molar-refractivity contribution >= 4 is 11.8 Å². The van der Waals surface area contributed by atoms with Crippen molar-refractivity contribution in [3.63, 3.8) is 0 Å². The number of aliphatic hydroxyl groups excluding tert-OH is 1. The third kappa shape index (κ3) is 5.11. The molecule has 7 heteroatoms. The summed E-state index contributed by atoms with van der Waals surface area (Å²) in [6, 6.07) is 14.9. The molecular weight excluding hydrogens is 358 g/mol. The van der Waals surface area contributed by atoms with Crippen LogP contribution >= 0.6 is 0 Å². The first kappa shape index (κ1) is 19.4. The number of ether oxygens (including phenoxy) is 2. The van der Waals surface area contributed by atoms with Crippen molar-refractivity contribution in [1.82, 2.24) is 9.55 Å². The fourth-order valence-corrected chi connectivity index (χ4v) is 2.77. The van der Waals surface area contributed by atoms with E-state index in [4.69, 9.17) is 9.47 Å². The number of aliphatic hydroxyl groups is 1. The molecule has 2 N–H and O–H groups in total. The van der Waals surface area contributed by atoms with Crippen LogP contribution in [-0.4, -0.2) is 34.0 Å². The zero-order valence-electron chi connectivity index (χ0n) is 15.7. The maximum atomic E-state index is 11.8. The molecule has 3 aromatic rings. The highest BCUT2D eigenvalue weighted by Gasteiger charge is 2.09. The number of para-hydroxylation sites is 1. The summed E-state index contributed by atoms with van der Waals surface area (Å²) in [7, 11) is 0. The Morgan fingerprint density at radius 3 is 2.75 bits per heavy atom. The molecule has 0 aliphatic heterocycles. The highest BCUT2D eigenvalue weighted by Crippen LogP contribution is 2.22. The first-order valence-electron chi connectivity index (χ1n) is 8.98. The first-order chi connectivity index (χ1) is 13.7. The van der Waals surface area contributed by atoms with E-state index < -0.39 is 6.09 Å². The van der Waals surface area contributed by atoms with Gasteiger partial charge in [0.25, 0.3) is 0 Å². The molecule has 0 fully saturated rings. The summed E-state index contributed by atoms with van der Waals surface area (Å²) in [6.45, 7) is 2.85. The molecule has 146 valence electrons. The van der Waals surface area contributed by atoms with E-state index in [-0.39, 0.29) is 19.8 Å². The SMILES string of the molecule is Cc1c(Cn2ccnc2CO)cccc1OCCOC(=O)Nc1ccccc1. The van der Waals surface area contributed by atoms with Gasteiger partial charge in [-0.05, 0) is 36.2 Å². The molecular formula is C21H23N3O4. The van der Waals surface area contributed by atoms with Gasteiger partial charge in [0.1, 0.15) is 31.4 Å². The van der Waals surface area contributed by atoms with E-state index in [0.717, 1.165) is 16.9 Å². The van der Waals surface area contributed by atoms with Gasteiger partial charge in [-0.1, -0.05) is 30.3 Å². The Labute approximate surface area is 163 Å². The molecule has 0 saturated heterocycles. The van der Waals surface area contributed by atoms with Crippen LogP contribution in [0, 0.1) is 6.92 Å². The van der Waals surface area contributed by atoms with Crippen LogP contribution in [0.2, 0.25) is 0 Å². The molecule has 1 aromatic heterocycles. The minimum atomic E-state index is -0.517. The summed E-state index contributed by atoms with van der Waals surface area (Å²) in [5.41, 5.74) is 2.74. The van der Waals surface area contributed by atoms with Crippen LogP contribution in [0.15, 0.2) is 60.9 Å². The summed E-state index contributed by atoms with van der Waals surface area (Å²) in [5.74, 6) is 1.35. The van der Waals surface area contributed by atoms with Gasteiger partial charge in [-0.3, -0.25) is 5.32 Å². The molecule has 2 aromatic carbocycles. The third-order valence-corrected chi connectivity index (χ3v) is 4.27. The predicted octanol–water partition coefficient (Wildman–Crippen LogP) is 3.36. The second-order valence-electron chi connectivity index (χ2n) is 6.15. The molecule has 28 heavy (non-hydrogen) atoms. The summed E-state index contributed by atoms with van der Waals surface area (Å²) < 4.78 is 12.8. The van der Waals surface area contributed by atoms with E-state index >= 15 is 0 Å². The Bertz CT molecular complexity index is 909. The largest absolute Gasteiger partial charge is 0.490 e. The van der Waals surface area contributed by atoms with Gasteiger partial charge < -0.3 is 19.1 Å². The maximum absolute atomic E-state index is 11.8. The summed E-state index contributed by atoms with van der Waals surface area (Å²) in [6.07, 6.45) is 2.98. The smallest absolute Gasteiger partial charge is 0.411 e. The van der Waals surface area contributed by atoms with E-state index in [1.54, 1.807) is 18.3 Å². The highest BCUT2D eigenvalue weighted by molar-refractivity contribution is 5.84. The van der Waals surface area contributed by atoms with Crippen LogP contribution in [0.4, 0.5) is 10.5 Å². The molecule has 0 aliphatic rings. The second-order valence-corrected chi connectivity index (χ2v) is 6.15. The lowest BCUT2D eigenvalue weighted by atomic mass is 10.1. The lowest BCUT2D eigenvalue weighted by molar-refractivity contribution is 0.137. The van der Waals surface area contributed by atoms with Crippen LogP contribution < -0.4 is 10.1 Å². The Kier molecular flexibility index (Phi) is 6.64. The number of nitrogens with one attached hydrogen (secondary N) is 1. The van der Waals surface area contributed by atoms with Crippen LogP contribution in [0.3, 0.4) is 0 Å². The van der Waals surface area contributed by atoms with Crippen LogP contribution in [-0.2, 0) is 17.9 Å². The van der Waals surface area contributed by atoms with E-state index in [2.05, 4.69) is 10.3 Å². The van der Waals surface area contributed by atoms with Crippen molar-refractivity contribution in [2.45, 2.75) is 20.1 Å². The number of aromatic nitrogens is 2. The quantitative estimate of drug-likeness (QED) is 0.585. The van der Waals surface area contributed by atoms with Gasteiger partial charge >= 0.3 is 6.09 Å². The van der Waals surface area contributed by atoms with Gasteiger partial charge in [-0.25, -0.2) is 9.78 Å². The fraction of sp³-hybridized carbons (Fsp3) is 0.238. The Balaban J connectivity index is 1.50. The molecule has 0 saturated carbocycles. The van der Waals surface area contributed by atoms with Crippen LogP contribution in [0.1, 0.15) is 17.0 Å². The molecule has 3 rings (SSSR count). The molecule has 0 radical (unpaired) electrons. The topological polar surface area (TPSA) is 85.6 Å². The number of benzene rings is 2. The van der Waals surface area contributed by atoms with Crippen molar-refractivity contribution in [1.29, 1.82) is 0 Å². The summed E-state index contributed by atoms with van der Waals surface area (Å²) in [4.78, 5) is 15.9. The number of nitrogens with zero attached hydrogens (tertiary/aromatic N) is 2. The number of rotatable bonds is 8. The predicted molar refractivity (Wildman–Crippen MR) is 105 cm³/mol. The van der Waals surface area contributed by atoms with Gasteiger partial charge in [0.15, 0.2) is 0 Å². The summed E-state index contributed by atoms with van der Waals surface area (Å²) in [5, 5.41) is 12.0. The summed E-state index contributed by atoms with van der Waals surface area (Å²) >= 11 is 0. The Morgan fingerprint density at radius 1 is 1.14 bits per heavy atom. The zero-order chi connectivity index (χ0) is 19.8. The molecule has 1 amide bonds. The maximum Gasteiger partial charge on any atom is 0.411 e. The number of carbonyl (C=O) groups is 1. The molecule has 0 spiro atoms. The minimum absolute atomic E-state index is 0.107. The van der Waals surface area contributed by atoms with E-state index in [1.165, 1.54) is 0 Å². The number of anilines is 1. The molecule has 0 atom stereocenters. The molecule has 0 unspecified atom stereocenters. The molecule has 0 aliphatic carbocycles. The number of imidazole rings is 1. The van der Waals surface area contributed by atoms with Crippen molar-refractivity contribution in [3.05, 3.63) is 77.9 Å². The average Bonchev–Trinajstić information content (AvgIpc) is 3.16. The van der Waals surface area contributed by atoms with E-state index in [0.29, 0.717) is 18.1 Å². The van der Waals surface area contributed by atoms with Crippen LogP contribution in [0.25, 0.3) is 0 Å². The van der Waals surface area contributed by atoms with Crippen molar-refractivity contribution in [2.24, 2.45) is 0 Å².